The quantitative estimate of drug-likeness (QED) is 0.187. The molecular formula is C30H26ClFN2O3. The summed E-state index contributed by atoms with van der Waals surface area (Å²) in [4.78, 5) is 10.9. The van der Waals surface area contributed by atoms with Crippen molar-refractivity contribution in [1.29, 1.82) is 0 Å². The Balaban J connectivity index is 1.74. The smallest absolute Gasteiger partial charge is 0.328 e. The number of rotatable bonds is 8. The highest BCUT2D eigenvalue weighted by Gasteiger charge is 2.29. The first-order valence-corrected chi connectivity index (χ1v) is 12.6. The molecule has 1 saturated carbocycles. The number of carboxylic acid groups (broad SMARTS) is 1. The first-order chi connectivity index (χ1) is 17.9. The predicted octanol–water partition coefficient (Wildman–Crippen LogP) is 7.61. The number of fused-ring (bicyclic) bond motifs is 1. The van der Waals surface area contributed by atoms with Crippen molar-refractivity contribution in [3.8, 4) is 5.75 Å². The van der Waals surface area contributed by atoms with Gasteiger partial charge in [0.05, 0.1) is 22.5 Å². The van der Waals surface area contributed by atoms with E-state index in [9.17, 15) is 9.18 Å². The molecule has 5 rings (SSSR count). The maximum atomic E-state index is 14.5. The molecule has 4 aromatic rings. The average Bonchev–Trinajstić information content (AvgIpc) is 3.22. The number of ether oxygens (including phenoxy) is 1. The third-order valence-electron chi connectivity index (χ3n) is 6.74. The number of hydrogen-bond acceptors (Lipinski definition) is 3. The van der Waals surface area contributed by atoms with Crippen LogP contribution in [0.5, 0.6) is 5.75 Å². The van der Waals surface area contributed by atoms with Crippen LogP contribution in [0.1, 0.15) is 48.4 Å². The van der Waals surface area contributed by atoms with Gasteiger partial charge < -0.3 is 9.84 Å². The summed E-state index contributed by atoms with van der Waals surface area (Å²) < 4.78 is 20.2. The van der Waals surface area contributed by atoms with E-state index in [2.05, 4.69) is 10.2 Å². The van der Waals surface area contributed by atoms with E-state index in [1.165, 1.54) is 0 Å². The Kier molecular flexibility index (Phi) is 7.10. The molecule has 0 aliphatic heterocycles. The predicted molar refractivity (Wildman–Crippen MR) is 145 cm³/mol. The van der Waals surface area contributed by atoms with Gasteiger partial charge in [-0.1, -0.05) is 48.4 Å². The lowest BCUT2D eigenvalue weighted by molar-refractivity contribution is -0.131. The Labute approximate surface area is 219 Å². The minimum atomic E-state index is -1.00. The second-order valence-corrected chi connectivity index (χ2v) is 9.46. The van der Waals surface area contributed by atoms with Crippen molar-refractivity contribution in [2.24, 2.45) is 5.92 Å². The fourth-order valence-corrected chi connectivity index (χ4v) is 5.04. The zero-order valence-electron chi connectivity index (χ0n) is 20.3. The first-order valence-electron chi connectivity index (χ1n) is 12.3. The summed E-state index contributed by atoms with van der Waals surface area (Å²) in [6.45, 7) is 2.48. The zero-order chi connectivity index (χ0) is 25.9. The van der Waals surface area contributed by atoms with E-state index >= 15 is 0 Å². The highest BCUT2D eigenvalue weighted by atomic mass is 35.5. The summed E-state index contributed by atoms with van der Waals surface area (Å²) in [5.74, 6) is -0.476. The van der Waals surface area contributed by atoms with E-state index in [4.69, 9.17) is 21.4 Å². The number of nitrogens with one attached hydrogen (secondary N) is 1. The number of H-pyrrole nitrogens is 1. The molecule has 2 N–H and O–H groups in total. The molecule has 5 nitrogen and oxygen atoms in total. The van der Waals surface area contributed by atoms with Crippen LogP contribution in [0.15, 0.2) is 66.7 Å². The highest BCUT2D eigenvalue weighted by molar-refractivity contribution is 6.33. The Hall–Kier alpha value is -3.90. The lowest BCUT2D eigenvalue weighted by Crippen LogP contribution is -2.15. The zero-order valence-corrected chi connectivity index (χ0v) is 21.1. The highest BCUT2D eigenvalue weighted by Crippen LogP contribution is 2.47. The van der Waals surface area contributed by atoms with Gasteiger partial charge in [0.1, 0.15) is 5.75 Å². The molecule has 1 aliphatic rings. The number of nitrogens with zero attached hydrogens (tertiary/aromatic N) is 1. The maximum absolute atomic E-state index is 14.5. The fraction of sp³-hybridized carbons (Fsp3) is 0.200. The molecule has 1 aromatic heterocycles. The number of benzene rings is 3. The molecular weight excluding hydrogens is 491 g/mol. The number of aliphatic carboxylic acids is 1. The van der Waals surface area contributed by atoms with E-state index in [0.29, 0.717) is 34.2 Å². The summed E-state index contributed by atoms with van der Waals surface area (Å²) in [5.41, 5.74) is 6.11. The van der Waals surface area contributed by atoms with Crippen molar-refractivity contribution in [2.75, 3.05) is 6.61 Å². The number of carboxylic acids is 1. The van der Waals surface area contributed by atoms with Crippen LogP contribution in [0.2, 0.25) is 5.02 Å². The van der Waals surface area contributed by atoms with Crippen LogP contribution >= 0.6 is 11.6 Å². The largest absolute Gasteiger partial charge is 0.494 e. The standard InChI is InChI=1S/C30H26ClFN2O3/c1-2-37-22-12-13-23(25(31)17-22)29(19-4-3-5-19)28(20-9-6-18(7-10-20)8-15-27(35)36)21-11-14-26-24(16-21)30(32)34-33-26/h6-17,19H,2-5H2,1H3,(H,33,34)(H,35,36)/b15-8+,29-28+. The van der Waals surface area contributed by atoms with Gasteiger partial charge >= 0.3 is 5.97 Å². The topological polar surface area (TPSA) is 75.2 Å². The number of hydrogen-bond donors (Lipinski definition) is 2. The van der Waals surface area contributed by atoms with E-state index < -0.39 is 11.9 Å². The first kappa shape index (κ1) is 24.8. The van der Waals surface area contributed by atoms with Gasteiger partial charge in [0.2, 0.25) is 5.95 Å². The summed E-state index contributed by atoms with van der Waals surface area (Å²) in [6, 6.07) is 19.1. The lowest BCUT2D eigenvalue weighted by atomic mass is 9.73. The molecule has 188 valence electrons. The molecule has 7 heteroatoms. The van der Waals surface area contributed by atoms with Crippen molar-refractivity contribution in [1.82, 2.24) is 10.2 Å². The number of carbonyl (C=O) groups is 1. The maximum Gasteiger partial charge on any atom is 0.328 e. The van der Waals surface area contributed by atoms with Crippen LogP contribution in [0.3, 0.4) is 0 Å². The number of aromatic nitrogens is 2. The third-order valence-corrected chi connectivity index (χ3v) is 7.05. The normalized spacial score (nSPS) is 14.6. The van der Waals surface area contributed by atoms with E-state index in [0.717, 1.165) is 58.7 Å². The van der Waals surface area contributed by atoms with Crippen LogP contribution in [0.25, 0.3) is 28.1 Å². The van der Waals surface area contributed by atoms with Crippen molar-refractivity contribution in [3.63, 3.8) is 0 Å². The second-order valence-electron chi connectivity index (χ2n) is 9.05. The number of halogens is 2. The molecule has 0 bridgehead atoms. The summed E-state index contributed by atoms with van der Waals surface area (Å²) >= 11 is 6.85. The molecule has 0 atom stereocenters. The van der Waals surface area contributed by atoms with Crippen LogP contribution in [0, 0.1) is 11.9 Å². The average molecular weight is 517 g/mol. The van der Waals surface area contributed by atoms with Gasteiger partial charge in [-0.25, -0.2) is 4.79 Å². The van der Waals surface area contributed by atoms with Gasteiger partial charge in [-0.05, 0) is 95.5 Å². The summed E-state index contributed by atoms with van der Waals surface area (Å²) in [5, 5.41) is 16.5. The lowest BCUT2D eigenvalue weighted by Gasteiger charge is -2.32. The van der Waals surface area contributed by atoms with Crippen molar-refractivity contribution in [3.05, 3.63) is 100.0 Å². The SMILES string of the molecule is CCOc1ccc(/C(=C(\c2ccc(/C=C/C(=O)O)cc2)c2ccc3n[nH]c(F)c3c2)C2CCC2)c(Cl)c1. The van der Waals surface area contributed by atoms with Crippen LogP contribution in [-0.2, 0) is 4.79 Å². The Morgan fingerprint density at radius 3 is 2.54 bits per heavy atom. The van der Waals surface area contributed by atoms with Crippen LogP contribution in [0.4, 0.5) is 4.39 Å². The monoisotopic (exact) mass is 516 g/mol. The van der Waals surface area contributed by atoms with Gasteiger partial charge in [0.15, 0.2) is 0 Å². The van der Waals surface area contributed by atoms with Crippen LogP contribution < -0.4 is 4.74 Å². The van der Waals surface area contributed by atoms with Crippen molar-refractivity contribution in [2.45, 2.75) is 26.2 Å². The minimum absolute atomic E-state index is 0.293. The third kappa shape index (κ3) is 5.16. The molecule has 0 unspecified atom stereocenters. The molecule has 0 amide bonds. The molecule has 1 fully saturated rings. The molecule has 0 saturated heterocycles. The van der Waals surface area contributed by atoms with E-state index in [1.807, 2.05) is 67.6 Å². The molecule has 1 heterocycles. The second kappa shape index (κ2) is 10.6. The van der Waals surface area contributed by atoms with Gasteiger partial charge in [0.25, 0.3) is 0 Å². The van der Waals surface area contributed by atoms with E-state index in [-0.39, 0.29) is 0 Å². The van der Waals surface area contributed by atoms with Crippen molar-refractivity contribution >= 4 is 45.7 Å². The Bertz CT molecular complexity index is 1520. The molecule has 37 heavy (non-hydrogen) atoms. The molecule has 0 spiro atoms. The van der Waals surface area contributed by atoms with Gasteiger partial charge in [-0.15, -0.1) is 0 Å². The van der Waals surface area contributed by atoms with Crippen molar-refractivity contribution < 1.29 is 19.0 Å². The minimum Gasteiger partial charge on any atom is -0.494 e. The molecule has 1 aliphatic carbocycles. The number of aromatic amines is 1. The summed E-state index contributed by atoms with van der Waals surface area (Å²) in [7, 11) is 0. The Morgan fingerprint density at radius 2 is 1.89 bits per heavy atom. The van der Waals surface area contributed by atoms with Crippen LogP contribution in [-0.4, -0.2) is 27.9 Å². The molecule has 3 aromatic carbocycles. The molecule has 0 radical (unpaired) electrons. The number of allylic oxidation sites excluding steroid dienone is 1. The van der Waals surface area contributed by atoms with E-state index in [1.54, 1.807) is 6.08 Å². The van der Waals surface area contributed by atoms with Gasteiger partial charge in [-0.2, -0.15) is 9.49 Å². The summed E-state index contributed by atoms with van der Waals surface area (Å²) in [6.07, 6.45) is 5.86. The van der Waals surface area contributed by atoms with Gasteiger partial charge in [0, 0.05) is 6.08 Å². The fourth-order valence-electron chi connectivity index (χ4n) is 4.77. The Morgan fingerprint density at radius 1 is 1.14 bits per heavy atom. The van der Waals surface area contributed by atoms with Gasteiger partial charge in [-0.3, -0.25) is 5.10 Å².